The van der Waals surface area contributed by atoms with Gasteiger partial charge in [0.1, 0.15) is 0 Å². The number of anilines is 1. The first-order valence-corrected chi connectivity index (χ1v) is 9.21. The SMILES string of the molecule is Cc1nc2ccccc2c(-c2ccccc2)c1C(=O)/C=C/Nc1ccccc1. The zero-order chi connectivity index (χ0) is 19.3. The molecule has 136 valence electrons. The Morgan fingerprint density at radius 1 is 0.857 bits per heavy atom. The van der Waals surface area contributed by atoms with Crippen molar-refractivity contribution in [2.45, 2.75) is 6.92 Å². The third-order valence-corrected chi connectivity index (χ3v) is 4.64. The van der Waals surface area contributed by atoms with Crippen molar-refractivity contribution in [2.75, 3.05) is 5.32 Å². The van der Waals surface area contributed by atoms with E-state index in [-0.39, 0.29) is 5.78 Å². The molecule has 4 rings (SSSR count). The van der Waals surface area contributed by atoms with Gasteiger partial charge < -0.3 is 5.32 Å². The Morgan fingerprint density at radius 2 is 1.50 bits per heavy atom. The first-order valence-electron chi connectivity index (χ1n) is 9.21. The molecule has 0 bridgehead atoms. The highest BCUT2D eigenvalue weighted by molar-refractivity contribution is 6.14. The summed E-state index contributed by atoms with van der Waals surface area (Å²) in [6.45, 7) is 1.89. The minimum atomic E-state index is -0.0713. The summed E-state index contributed by atoms with van der Waals surface area (Å²) in [5.74, 6) is -0.0713. The molecule has 0 saturated heterocycles. The van der Waals surface area contributed by atoms with Crippen molar-refractivity contribution in [1.82, 2.24) is 4.98 Å². The van der Waals surface area contributed by atoms with Gasteiger partial charge in [-0.15, -0.1) is 0 Å². The normalized spacial score (nSPS) is 11.0. The predicted molar refractivity (Wildman–Crippen MR) is 115 cm³/mol. The van der Waals surface area contributed by atoms with E-state index < -0.39 is 0 Å². The van der Waals surface area contributed by atoms with Gasteiger partial charge in [-0.1, -0.05) is 66.7 Å². The van der Waals surface area contributed by atoms with Crippen LogP contribution in [0.2, 0.25) is 0 Å². The molecular formula is C25H20N2O. The van der Waals surface area contributed by atoms with Crippen molar-refractivity contribution in [2.24, 2.45) is 0 Å². The smallest absolute Gasteiger partial charge is 0.189 e. The van der Waals surface area contributed by atoms with Crippen LogP contribution in [-0.4, -0.2) is 10.8 Å². The van der Waals surface area contributed by atoms with Crippen molar-refractivity contribution in [3.8, 4) is 11.1 Å². The van der Waals surface area contributed by atoms with Crippen LogP contribution in [0.25, 0.3) is 22.0 Å². The second-order valence-corrected chi connectivity index (χ2v) is 6.54. The van der Waals surface area contributed by atoms with Gasteiger partial charge in [-0.3, -0.25) is 9.78 Å². The summed E-state index contributed by atoms with van der Waals surface area (Å²) < 4.78 is 0. The average Bonchev–Trinajstić information content (AvgIpc) is 2.74. The van der Waals surface area contributed by atoms with Crippen molar-refractivity contribution in [1.29, 1.82) is 0 Å². The number of hydrogen-bond acceptors (Lipinski definition) is 3. The van der Waals surface area contributed by atoms with Crippen molar-refractivity contribution >= 4 is 22.4 Å². The number of ketones is 1. The zero-order valence-electron chi connectivity index (χ0n) is 15.6. The number of pyridine rings is 1. The quantitative estimate of drug-likeness (QED) is 0.348. The number of fused-ring (bicyclic) bond motifs is 1. The van der Waals surface area contributed by atoms with E-state index in [1.165, 1.54) is 0 Å². The molecule has 1 heterocycles. The van der Waals surface area contributed by atoms with E-state index in [4.69, 9.17) is 0 Å². The summed E-state index contributed by atoms with van der Waals surface area (Å²) in [5.41, 5.74) is 5.13. The highest BCUT2D eigenvalue weighted by Gasteiger charge is 2.18. The molecule has 0 aliphatic rings. The van der Waals surface area contributed by atoms with Gasteiger partial charge in [-0.05, 0) is 30.7 Å². The third kappa shape index (κ3) is 3.55. The van der Waals surface area contributed by atoms with Gasteiger partial charge >= 0.3 is 0 Å². The second-order valence-electron chi connectivity index (χ2n) is 6.54. The molecule has 0 aliphatic carbocycles. The second kappa shape index (κ2) is 7.89. The first-order chi connectivity index (χ1) is 13.7. The molecule has 1 aromatic heterocycles. The van der Waals surface area contributed by atoms with Crippen LogP contribution < -0.4 is 5.32 Å². The van der Waals surface area contributed by atoms with E-state index in [1.807, 2.05) is 91.9 Å². The largest absolute Gasteiger partial charge is 0.362 e. The van der Waals surface area contributed by atoms with Gasteiger partial charge in [-0.25, -0.2) is 0 Å². The fraction of sp³-hybridized carbons (Fsp3) is 0.0400. The summed E-state index contributed by atoms with van der Waals surface area (Å²) in [4.78, 5) is 17.8. The van der Waals surface area contributed by atoms with E-state index in [1.54, 1.807) is 12.3 Å². The number of carbonyl (C=O) groups excluding carboxylic acids is 1. The Bertz CT molecular complexity index is 1150. The van der Waals surface area contributed by atoms with Crippen LogP contribution in [-0.2, 0) is 0 Å². The van der Waals surface area contributed by atoms with Crippen LogP contribution in [0, 0.1) is 6.92 Å². The number of nitrogens with one attached hydrogen (secondary N) is 1. The third-order valence-electron chi connectivity index (χ3n) is 4.64. The van der Waals surface area contributed by atoms with Crippen molar-refractivity contribution in [3.63, 3.8) is 0 Å². The summed E-state index contributed by atoms with van der Waals surface area (Å²) in [7, 11) is 0. The van der Waals surface area contributed by atoms with Gasteiger partial charge in [0.2, 0.25) is 0 Å². The van der Waals surface area contributed by atoms with Gasteiger partial charge in [0.15, 0.2) is 5.78 Å². The Kier molecular flexibility index (Phi) is 4.98. The van der Waals surface area contributed by atoms with E-state index in [0.717, 1.165) is 33.4 Å². The fourth-order valence-electron chi connectivity index (χ4n) is 3.37. The molecular weight excluding hydrogens is 344 g/mol. The molecule has 0 amide bonds. The van der Waals surface area contributed by atoms with Crippen molar-refractivity contribution < 1.29 is 4.79 Å². The van der Waals surface area contributed by atoms with E-state index in [0.29, 0.717) is 5.56 Å². The Morgan fingerprint density at radius 3 is 2.25 bits per heavy atom. The number of rotatable bonds is 5. The van der Waals surface area contributed by atoms with Crippen LogP contribution in [0.3, 0.4) is 0 Å². The standard InChI is InChI=1S/C25H20N2O/c1-18-24(23(28)16-17-26-20-12-6-3-7-13-20)25(19-10-4-2-5-11-19)21-14-8-9-15-22(21)27-18/h2-17,26H,1H3/b17-16+. The first kappa shape index (κ1) is 17.7. The molecule has 0 unspecified atom stereocenters. The maximum Gasteiger partial charge on any atom is 0.189 e. The number of aromatic nitrogens is 1. The number of nitrogens with zero attached hydrogens (tertiary/aromatic N) is 1. The number of allylic oxidation sites excluding steroid dienone is 1. The maximum atomic E-state index is 13.1. The van der Waals surface area contributed by atoms with Crippen LogP contribution in [0.1, 0.15) is 16.1 Å². The van der Waals surface area contributed by atoms with E-state index in [9.17, 15) is 4.79 Å². The average molecular weight is 364 g/mol. The summed E-state index contributed by atoms with van der Waals surface area (Å²) in [5, 5.41) is 4.12. The Balaban J connectivity index is 1.79. The number of para-hydroxylation sites is 2. The number of hydrogen-bond donors (Lipinski definition) is 1. The summed E-state index contributed by atoms with van der Waals surface area (Å²) >= 11 is 0. The molecule has 0 saturated carbocycles. The van der Waals surface area contributed by atoms with Crippen LogP contribution in [0.5, 0.6) is 0 Å². The van der Waals surface area contributed by atoms with Gasteiger partial charge in [0.25, 0.3) is 0 Å². The topological polar surface area (TPSA) is 42.0 Å². The van der Waals surface area contributed by atoms with Gasteiger partial charge in [-0.2, -0.15) is 0 Å². The fourth-order valence-corrected chi connectivity index (χ4v) is 3.37. The maximum absolute atomic E-state index is 13.1. The lowest BCUT2D eigenvalue weighted by Gasteiger charge is -2.14. The number of carbonyl (C=O) groups is 1. The predicted octanol–water partition coefficient (Wildman–Crippen LogP) is 6.02. The van der Waals surface area contributed by atoms with Gasteiger partial charge in [0, 0.05) is 34.6 Å². The van der Waals surface area contributed by atoms with Crippen molar-refractivity contribution in [3.05, 3.63) is 108 Å². The number of benzene rings is 3. The molecule has 3 aromatic carbocycles. The highest BCUT2D eigenvalue weighted by atomic mass is 16.1. The van der Waals surface area contributed by atoms with E-state index >= 15 is 0 Å². The molecule has 0 aliphatic heterocycles. The summed E-state index contributed by atoms with van der Waals surface area (Å²) in [6, 6.07) is 27.7. The Labute approximate surface area is 164 Å². The molecule has 0 spiro atoms. The van der Waals surface area contributed by atoms with E-state index in [2.05, 4.69) is 10.3 Å². The molecule has 28 heavy (non-hydrogen) atoms. The lowest BCUT2D eigenvalue weighted by molar-refractivity contribution is 0.104. The monoisotopic (exact) mass is 364 g/mol. The molecule has 3 nitrogen and oxygen atoms in total. The summed E-state index contributed by atoms with van der Waals surface area (Å²) in [6.07, 6.45) is 3.25. The lowest BCUT2D eigenvalue weighted by atomic mass is 9.92. The minimum Gasteiger partial charge on any atom is -0.362 e. The van der Waals surface area contributed by atoms with Crippen LogP contribution in [0.4, 0.5) is 5.69 Å². The molecule has 1 N–H and O–H groups in total. The minimum absolute atomic E-state index is 0.0713. The van der Waals surface area contributed by atoms with Gasteiger partial charge in [0.05, 0.1) is 11.1 Å². The Hall–Kier alpha value is -3.72. The highest BCUT2D eigenvalue weighted by Crippen LogP contribution is 2.33. The molecule has 0 atom stereocenters. The van der Waals surface area contributed by atoms with Crippen LogP contribution in [0.15, 0.2) is 97.2 Å². The molecule has 3 heteroatoms. The molecule has 0 radical (unpaired) electrons. The lowest BCUT2D eigenvalue weighted by Crippen LogP contribution is -2.05. The molecule has 4 aromatic rings. The zero-order valence-corrected chi connectivity index (χ0v) is 15.6. The molecule has 0 fully saturated rings. The number of aryl methyl sites for hydroxylation is 1. The van der Waals surface area contributed by atoms with Crippen LogP contribution >= 0.6 is 0 Å².